The Morgan fingerprint density at radius 3 is 2.25 bits per heavy atom. The average molecular weight is 690 g/mol. The number of carbonyl (C=O) groups excluding carboxylic acids is 3. The number of piperazine rings is 1. The van der Waals surface area contributed by atoms with Crippen molar-refractivity contribution in [3.8, 4) is 0 Å². The van der Waals surface area contributed by atoms with E-state index >= 15 is 0 Å². The molecule has 10 nitrogen and oxygen atoms in total. The van der Waals surface area contributed by atoms with Crippen LogP contribution in [0.4, 0.5) is 11.4 Å². The number of benzene rings is 3. The Kier molecular flexibility index (Phi) is 12.0. The number of hydrogen-bond donors (Lipinski definition) is 2. The Balaban J connectivity index is 0.000000494. The molecule has 0 bridgehead atoms. The molecular weight excluding hydrogens is 650 g/mol. The van der Waals surface area contributed by atoms with Gasteiger partial charge in [-0.3, -0.25) is 19.2 Å². The third-order valence-electron chi connectivity index (χ3n) is 8.33. The van der Waals surface area contributed by atoms with Crippen molar-refractivity contribution in [3.05, 3.63) is 105 Å². The van der Waals surface area contributed by atoms with Crippen LogP contribution in [0.15, 0.2) is 82.0 Å². The van der Waals surface area contributed by atoms with Crippen molar-refractivity contribution in [1.82, 2.24) is 15.1 Å². The van der Waals surface area contributed by atoms with Gasteiger partial charge in [-0.1, -0.05) is 53.4 Å². The molecule has 0 atom stereocenters. The van der Waals surface area contributed by atoms with Gasteiger partial charge in [-0.2, -0.15) is 0 Å². The highest BCUT2D eigenvalue weighted by Crippen LogP contribution is 2.25. The predicted molar refractivity (Wildman–Crippen MR) is 193 cm³/mol. The maximum atomic E-state index is 13.2. The quantitative estimate of drug-likeness (QED) is 0.233. The topological polar surface area (TPSA) is 115 Å². The smallest absolute Gasteiger partial charge is 0.287 e. The molecule has 48 heavy (non-hydrogen) atoms. The molecular formula is C36H40ClN5O5S. The fourth-order valence-electron chi connectivity index (χ4n) is 5.73. The molecule has 252 valence electrons. The second kappa shape index (κ2) is 16.6. The monoisotopic (exact) mass is 689 g/mol. The summed E-state index contributed by atoms with van der Waals surface area (Å²) in [6, 6.07) is 21.6. The number of carbonyl (C=O) groups is 3. The minimum atomic E-state index is -0.623. The molecule has 2 saturated heterocycles. The van der Waals surface area contributed by atoms with Gasteiger partial charge in [0, 0.05) is 68.0 Å². The minimum Gasteiger partial charge on any atom is -0.451 e. The number of nitrogens with zero attached hydrogens (tertiary/aromatic N) is 3. The van der Waals surface area contributed by atoms with Gasteiger partial charge in [-0.05, 0) is 68.7 Å². The fraction of sp³-hybridized carbons (Fsp3) is 0.333. The van der Waals surface area contributed by atoms with E-state index in [2.05, 4.69) is 14.9 Å². The van der Waals surface area contributed by atoms with Crippen LogP contribution in [0.25, 0.3) is 11.0 Å². The van der Waals surface area contributed by atoms with Crippen LogP contribution in [-0.2, 0) is 4.79 Å². The van der Waals surface area contributed by atoms with Crippen LogP contribution < -0.4 is 20.4 Å². The molecule has 0 saturated carbocycles. The number of likely N-dealkylation sites (tertiary alicyclic amines) is 1. The normalized spacial score (nSPS) is 14.6. The number of piperidine rings is 1. The van der Waals surface area contributed by atoms with Crippen LogP contribution in [0.1, 0.15) is 45.7 Å². The van der Waals surface area contributed by atoms with E-state index in [1.165, 1.54) is 17.5 Å². The number of halogens is 1. The van der Waals surface area contributed by atoms with Gasteiger partial charge in [-0.25, -0.2) is 0 Å². The second-order valence-corrected chi connectivity index (χ2v) is 12.8. The summed E-state index contributed by atoms with van der Waals surface area (Å²) in [7, 11) is 0. The van der Waals surface area contributed by atoms with Gasteiger partial charge in [0.2, 0.25) is 5.91 Å². The number of para-hydroxylation sites is 1. The number of amides is 3. The molecule has 3 aromatic carbocycles. The molecule has 6 rings (SSSR count). The zero-order valence-electron chi connectivity index (χ0n) is 27.2. The van der Waals surface area contributed by atoms with Crippen molar-refractivity contribution in [3.63, 3.8) is 0 Å². The SMILES string of the molecule is CSNc1ccc2oc(C(=O)NCC(=O)N3CCN(c4ccccc4C(=O)N4CCCCC4)CC3)cc(=O)c2c1.Cc1ccc(Cl)cc1. The molecule has 4 aromatic rings. The highest BCUT2D eigenvalue weighted by molar-refractivity contribution is 7.99. The summed E-state index contributed by atoms with van der Waals surface area (Å²) >= 11 is 7.02. The lowest BCUT2D eigenvalue weighted by Gasteiger charge is -2.37. The van der Waals surface area contributed by atoms with Gasteiger partial charge >= 0.3 is 0 Å². The Morgan fingerprint density at radius 1 is 0.854 bits per heavy atom. The summed E-state index contributed by atoms with van der Waals surface area (Å²) < 4.78 is 8.70. The number of aryl methyl sites for hydroxylation is 1. The number of hydrogen-bond acceptors (Lipinski definition) is 8. The van der Waals surface area contributed by atoms with Crippen molar-refractivity contribution in [2.45, 2.75) is 26.2 Å². The summed E-state index contributed by atoms with van der Waals surface area (Å²) in [6.07, 6.45) is 5.11. The molecule has 0 aliphatic carbocycles. The van der Waals surface area contributed by atoms with Crippen LogP contribution in [0, 0.1) is 6.92 Å². The second-order valence-electron chi connectivity index (χ2n) is 11.7. The van der Waals surface area contributed by atoms with E-state index in [4.69, 9.17) is 16.0 Å². The first-order valence-electron chi connectivity index (χ1n) is 16.0. The molecule has 2 fully saturated rings. The standard InChI is InChI=1S/C29H33N5O5S.C7H7Cl/c1-40-31-20-9-10-25-22(17-20)24(35)18-26(39-25)28(37)30-19-27(36)33-15-13-32(14-16-33)23-8-4-3-7-21(23)29(38)34-11-5-2-6-12-34;1-6-2-4-7(8)5-3-6/h3-4,7-10,17-18,31H,2,5-6,11-16,19H2,1H3,(H,30,37);2-5H,1H3. The summed E-state index contributed by atoms with van der Waals surface area (Å²) in [6.45, 7) is 5.52. The van der Waals surface area contributed by atoms with E-state index < -0.39 is 5.91 Å². The molecule has 12 heteroatoms. The molecule has 3 heterocycles. The van der Waals surface area contributed by atoms with Gasteiger partial charge < -0.3 is 29.2 Å². The molecule has 1 aromatic heterocycles. The molecule has 2 aliphatic heterocycles. The zero-order valence-corrected chi connectivity index (χ0v) is 28.7. The van der Waals surface area contributed by atoms with Crippen molar-refractivity contribution in [2.75, 3.05) is 61.7 Å². The lowest BCUT2D eigenvalue weighted by Crippen LogP contribution is -2.51. The largest absolute Gasteiger partial charge is 0.451 e. The molecule has 0 unspecified atom stereocenters. The highest BCUT2D eigenvalue weighted by Gasteiger charge is 2.26. The zero-order chi connectivity index (χ0) is 34.0. The lowest BCUT2D eigenvalue weighted by molar-refractivity contribution is -0.130. The van der Waals surface area contributed by atoms with E-state index in [1.54, 1.807) is 23.1 Å². The van der Waals surface area contributed by atoms with E-state index in [0.29, 0.717) is 42.7 Å². The summed E-state index contributed by atoms with van der Waals surface area (Å²) in [5.41, 5.74) is 3.55. The van der Waals surface area contributed by atoms with Crippen molar-refractivity contribution >= 4 is 63.6 Å². The maximum Gasteiger partial charge on any atom is 0.287 e. The molecule has 0 radical (unpaired) electrons. The van der Waals surface area contributed by atoms with E-state index in [0.717, 1.165) is 54.8 Å². The van der Waals surface area contributed by atoms with Crippen LogP contribution in [0.5, 0.6) is 0 Å². The van der Waals surface area contributed by atoms with Crippen LogP contribution in [0.2, 0.25) is 5.02 Å². The molecule has 2 aliphatic rings. The van der Waals surface area contributed by atoms with E-state index in [9.17, 15) is 19.2 Å². The fourth-order valence-corrected chi connectivity index (χ4v) is 6.22. The van der Waals surface area contributed by atoms with E-state index in [-0.39, 0.29) is 29.5 Å². The van der Waals surface area contributed by atoms with Gasteiger partial charge in [0.25, 0.3) is 11.8 Å². The molecule has 0 spiro atoms. The third kappa shape index (κ3) is 8.90. The Morgan fingerprint density at radius 2 is 1.56 bits per heavy atom. The van der Waals surface area contributed by atoms with Gasteiger partial charge in [0.1, 0.15) is 5.58 Å². The average Bonchev–Trinajstić information content (AvgIpc) is 3.12. The Hall–Kier alpha value is -4.48. The first kappa shape index (κ1) is 34.8. The summed E-state index contributed by atoms with van der Waals surface area (Å²) in [4.78, 5) is 57.1. The minimum absolute atomic E-state index is 0.0638. The maximum absolute atomic E-state index is 13.2. The van der Waals surface area contributed by atoms with E-state index in [1.807, 2.05) is 66.6 Å². The summed E-state index contributed by atoms with van der Waals surface area (Å²) in [5.74, 6) is -0.923. The number of nitrogens with one attached hydrogen (secondary N) is 2. The number of anilines is 2. The third-order valence-corrected chi connectivity index (χ3v) is 9.02. The van der Waals surface area contributed by atoms with Crippen LogP contribution in [-0.4, -0.2) is 79.6 Å². The number of fused-ring (bicyclic) bond motifs is 1. The lowest BCUT2D eigenvalue weighted by atomic mass is 10.1. The predicted octanol–water partition coefficient (Wildman–Crippen LogP) is 5.84. The van der Waals surface area contributed by atoms with Crippen molar-refractivity contribution in [2.24, 2.45) is 0 Å². The van der Waals surface area contributed by atoms with Crippen molar-refractivity contribution in [1.29, 1.82) is 0 Å². The van der Waals surface area contributed by atoms with Gasteiger partial charge in [0.05, 0.1) is 17.5 Å². The molecule has 3 amide bonds. The Bertz CT molecular complexity index is 1780. The van der Waals surface area contributed by atoms with Crippen LogP contribution >= 0.6 is 23.5 Å². The number of rotatable bonds is 7. The first-order valence-corrected chi connectivity index (χ1v) is 17.6. The first-order chi connectivity index (χ1) is 23.2. The van der Waals surface area contributed by atoms with Crippen LogP contribution in [0.3, 0.4) is 0 Å². The van der Waals surface area contributed by atoms with Crippen molar-refractivity contribution < 1.29 is 18.8 Å². The highest BCUT2D eigenvalue weighted by atomic mass is 35.5. The van der Waals surface area contributed by atoms with Gasteiger partial charge in [-0.15, -0.1) is 0 Å². The Labute approximate surface area is 289 Å². The summed E-state index contributed by atoms with van der Waals surface area (Å²) in [5, 5.41) is 3.75. The van der Waals surface area contributed by atoms with Gasteiger partial charge in [0.15, 0.2) is 11.2 Å². The molecule has 2 N–H and O–H groups in total.